The van der Waals surface area contributed by atoms with Gasteiger partial charge in [0.25, 0.3) is 5.91 Å². The predicted molar refractivity (Wildman–Crippen MR) is 102 cm³/mol. The number of anilines is 1. The van der Waals surface area contributed by atoms with Crippen molar-refractivity contribution in [3.63, 3.8) is 0 Å². The zero-order chi connectivity index (χ0) is 18.8. The molecule has 0 unspecified atom stereocenters. The lowest BCUT2D eigenvalue weighted by Gasteiger charge is -2.08. The zero-order valence-corrected chi connectivity index (χ0v) is 15.6. The van der Waals surface area contributed by atoms with Gasteiger partial charge in [0.15, 0.2) is 12.4 Å². The summed E-state index contributed by atoms with van der Waals surface area (Å²) in [4.78, 5) is 12.4. The lowest BCUT2D eigenvalue weighted by atomic mass is 10.1. The molecule has 1 aromatic carbocycles. The van der Waals surface area contributed by atoms with E-state index in [1.165, 1.54) is 12.8 Å². The van der Waals surface area contributed by atoms with Gasteiger partial charge in [-0.15, -0.1) is 0 Å². The molecule has 1 aliphatic carbocycles. The minimum absolute atomic E-state index is 0.246. The van der Waals surface area contributed by atoms with E-state index in [2.05, 4.69) is 21.6 Å². The number of hydrogen-bond donors (Lipinski definition) is 1. The third-order valence-electron chi connectivity index (χ3n) is 4.47. The van der Waals surface area contributed by atoms with E-state index in [1.54, 1.807) is 23.1 Å². The van der Waals surface area contributed by atoms with Gasteiger partial charge in [0, 0.05) is 18.9 Å². The second-order valence-corrected chi connectivity index (χ2v) is 7.19. The Kier molecular flexibility index (Phi) is 4.66. The van der Waals surface area contributed by atoms with Gasteiger partial charge in [0.2, 0.25) is 0 Å². The van der Waals surface area contributed by atoms with E-state index in [0.29, 0.717) is 11.4 Å². The van der Waals surface area contributed by atoms with E-state index in [4.69, 9.17) is 4.74 Å². The number of aryl methyl sites for hydroxylation is 2. The van der Waals surface area contributed by atoms with E-state index < -0.39 is 0 Å². The highest BCUT2D eigenvalue weighted by Crippen LogP contribution is 2.30. The Morgan fingerprint density at radius 3 is 2.74 bits per heavy atom. The van der Waals surface area contributed by atoms with Crippen LogP contribution in [0.2, 0.25) is 0 Å². The van der Waals surface area contributed by atoms with Crippen LogP contribution in [0, 0.1) is 19.8 Å². The van der Waals surface area contributed by atoms with E-state index in [-0.39, 0.29) is 12.6 Å². The maximum absolute atomic E-state index is 12.4. The van der Waals surface area contributed by atoms with Crippen LogP contribution in [0.3, 0.4) is 0 Å². The number of amides is 1. The summed E-state index contributed by atoms with van der Waals surface area (Å²) in [6, 6.07) is 7.72. The molecular formula is C20H23N5O2. The average molecular weight is 365 g/mol. The van der Waals surface area contributed by atoms with Crippen molar-refractivity contribution in [2.24, 2.45) is 5.92 Å². The summed E-state index contributed by atoms with van der Waals surface area (Å²) in [6.07, 6.45) is 7.79. The maximum atomic E-state index is 12.4. The molecule has 0 saturated heterocycles. The first kappa shape index (κ1) is 17.3. The van der Waals surface area contributed by atoms with Crippen LogP contribution in [0.1, 0.15) is 34.5 Å². The Morgan fingerprint density at radius 1 is 1.22 bits per heavy atom. The first-order valence-corrected chi connectivity index (χ1v) is 9.13. The van der Waals surface area contributed by atoms with Crippen LogP contribution in [0.5, 0.6) is 5.75 Å². The van der Waals surface area contributed by atoms with E-state index in [9.17, 15) is 4.79 Å². The Bertz CT molecular complexity index is 935. The highest BCUT2D eigenvalue weighted by Gasteiger charge is 2.22. The lowest BCUT2D eigenvalue weighted by Crippen LogP contribution is -2.14. The molecule has 1 N–H and O–H groups in total. The molecule has 0 bridgehead atoms. The Labute approximate surface area is 157 Å². The molecule has 7 heteroatoms. The predicted octanol–water partition coefficient (Wildman–Crippen LogP) is 3.40. The molecule has 7 nitrogen and oxygen atoms in total. The first-order chi connectivity index (χ1) is 13.0. The highest BCUT2D eigenvalue weighted by molar-refractivity contribution is 6.02. The summed E-state index contributed by atoms with van der Waals surface area (Å²) < 4.78 is 9.25. The number of benzene rings is 1. The molecular weight excluding hydrogens is 342 g/mol. The standard InChI is InChI=1S/C20H23N5O2/c1-14-7-15(2)9-18(8-14)27-13-24-6-5-19(23-24)20(26)22-17-10-21-25(12-17)11-16-3-4-16/h5-10,12,16H,3-4,11,13H2,1-2H3,(H,22,26). The van der Waals surface area contributed by atoms with Crippen LogP contribution < -0.4 is 10.1 Å². The fourth-order valence-electron chi connectivity index (χ4n) is 3.00. The molecule has 0 spiro atoms. The Hall–Kier alpha value is -3.09. The quantitative estimate of drug-likeness (QED) is 0.696. The fourth-order valence-corrected chi connectivity index (χ4v) is 3.00. The molecule has 1 fully saturated rings. The number of aromatic nitrogens is 4. The molecule has 0 radical (unpaired) electrons. The van der Waals surface area contributed by atoms with Gasteiger partial charge in [0.1, 0.15) is 5.75 Å². The van der Waals surface area contributed by atoms with Crippen molar-refractivity contribution in [2.75, 3.05) is 5.32 Å². The van der Waals surface area contributed by atoms with Crippen LogP contribution in [0.25, 0.3) is 0 Å². The number of ether oxygens (including phenoxy) is 1. The Morgan fingerprint density at radius 2 is 2.00 bits per heavy atom. The van der Waals surface area contributed by atoms with Gasteiger partial charge in [0.05, 0.1) is 11.9 Å². The summed E-state index contributed by atoms with van der Waals surface area (Å²) in [5, 5.41) is 11.4. The first-order valence-electron chi connectivity index (χ1n) is 9.13. The Balaban J connectivity index is 1.33. The summed E-state index contributed by atoms with van der Waals surface area (Å²) in [5.74, 6) is 1.27. The van der Waals surface area contributed by atoms with Crippen molar-refractivity contribution in [2.45, 2.75) is 40.0 Å². The number of carbonyl (C=O) groups excluding carboxylic acids is 1. The number of rotatable bonds is 7. The van der Waals surface area contributed by atoms with Gasteiger partial charge in [-0.2, -0.15) is 10.2 Å². The molecule has 4 rings (SSSR count). The van der Waals surface area contributed by atoms with Crippen LogP contribution in [0.15, 0.2) is 42.9 Å². The van der Waals surface area contributed by atoms with E-state index >= 15 is 0 Å². The van der Waals surface area contributed by atoms with Gasteiger partial charge >= 0.3 is 0 Å². The van der Waals surface area contributed by atoms with Crippen LogP contribution >= 0.6 is 0 Å². The number of carbonyl (C=O) groups is 1. The van der Waals surface area contributed by atoms with Crippen molar-refractivity contribution < 1.29 is 9.53 Å². The van der Waals surface area contributed by atoms with Crippen molar-refractivity contribution >= 4 is 11.6 Å². The van der Waals surface area contributed by atoms with Gasteiger partial charge in [-0.05, 0) is 61.9 Å². The topological polar surface area (TPSA) is 74.0 Å². The summed E-state index contributed by atoms with van der Waals surface area (Å²) >= 11 is 0. The molecule has 2 heterocycles. The normalized spacial score (nSPS) is 13.6. The molecule has 27 heavy (non-hydrogen) atoms. The van der Waals surface area contributed by atoms with E-state index in [0.717, 1.165) is 29.3 Å². The van der Waals surface area contributed by atoms with Crippen molar-refractivity contribution in [1.82, 2.24) is 19.6 Å². The second-order valence-electron chi connectivity index (χ2n) is 7.19. The molecule has 0 atom stereocenters. The summed E-state index contributed by atoms with van der Waals surface area (Å²) in [7, 11) is 0. The van der Waals surface area contributed by atoms with E-state index in [1.807, 2.05) is 36.9 Å². The highest BCUT2D eigenvalue weighted by atomic mass is 16.5. The number of nitrogens with one attached hydrogen (secondary N) is 1. The molecule has 1 saturated carbocycles. The molecule has 2 aromatic heterocycles. The molecule has 1 amide bonds. The number of nitrogens with zero attached hydrogens (tertiary/aromatic N) is 4. The van der Waals surface area contributed by atoms with Gasteiger partial charge in [-0.3, -0.25) is 9.48 Å². The van der Waals surface area contributed by atoms with Crippen LogP contribution in [-0.2, 0) is 13.3 Å². The van der Waals surface area contributed by atoms with Crippen LogP contribution in [-0.4, -0.2) is 25.5 Å². The zero-order valence-electron chi connectivity index (χ0n) is 15.6. The van der Waals surface area contributed by atoms with Crippen LogP contribution in [0.4, 0.5) is 5.69 Å². The number of hydrogen-bond acceptors (Lipinski definition) is 4. The summed E-state index contributed by atoms with van der Waals surface area (Å²) in [5.41, 5.74) is 3.32. The smallest absolute Gasteiger partial charge is 0.276 e. The lowest BCUT2D eigenvalue weighted by molar-refractivity contribution is 0.102. The second kappa shape index (κ2) is 7.26. The largest absolute Gasteiger partial charge is 0.471 e. The van der Waals surface area contributed by atoms with Gasteiger partial charge in [-0.1, -0.05) is 6.07 Å². The average Bonchev–Trinajstić information content (AvgIpc) is 3.12. The molecule has 3 aromatic rings. The SMILES string of the molecule is Cc1cc(C)cc(OCn2ccc(C(=O)Nc3cnn(CC4CC4)c3)n2)c1. The molecule has 1 aliphatic rings. The van der Waals surface area contributed by atoms with Gasteiger partial charge in [-0.25, -0.2) is 4.68 Å². The summed E-state index contributed by atoms with van der Waals surface area (Å²) in [6.45, 7) is 5.22. The van der Waals surface area contributed by atoms with Crippen molar-refractivity contribution in [3.8, 4) is 5.75 Å². The third kappa shape index (κ3) is 4.55. The van der Waals surface area contributed by atoms with Gasteiger partial charge < -0.3 is 10.1 Å². The maximum Gasteiger partial charge on any atom is 0.276 e. The monoisotopic (exact) mass is 365 g/mol. The molecule has 0 aliphatic heterocycles. The minimum Gasteiger partial charge on any atom is -0.471 e. The fraction of sp³-hybridized carbons (Fsp3) is 0.350. The molecule has 140 valence electrons. The third-order valence-corrected chi connectivity index (χ3v) is 4.47. The van der Waals surface area contributed by atoms with Crippen molar-refractivity contribution in [3.05, 3.63) is 59.7 Å². The van der Waals surface area contributed by atoms with Crippen molar-refractivity contribution in [1.29, 1.82) is 0 Å². The minimum atomic E-state index is -0.258.